The van der Waals surface area contributed by atoms with Crippen LogP contribution in [0.15, 0.2) is 10.5 Å². The summed E-state index contributed by atoms with van der Waals surface area (Å²) in [6, 6.07) is 0. The summed E-state index contributed by atoms with van der Waals surface area (Å²) in [5.41, 5.74) is 4.26. The number of aromatic nitrogens is 1. The third kappa shape index (κ3) is 5.22. The summed E-state index contributed by atoms with van der Waals surface area (Å²) in [5.74, 6) is -2.60. The molecule has 1 aromatic rings. The summed E-state index contributed by atoms with van der Waals surface area (Å²) in [4.78, 5) is 31.2. The second-order valence-electron chi connectivity index (χ2n) is 4.70. The van der Waals surface area contributed by atoms with E-state index in [9.17, 15) is 9.59 Å². The van der Waals surface area contributed by atoms with Crippen LogP contribution < -0.4 is 5.73 Å². The first-order valence-corrected chi connectivity index (χ1v) is 6.43. The predicted octanol–water partition coefficient (Wildman–Crippen LogP) is 1.02. The number of nitrogen functional groups attached to an aromatic ring is 1. The van der Waals surface area contributed by atoms with E-state index in [1.54, 1.807) is 26.2 Å². The number of thiazole rings is 1. The Balaban J connectivity index is 2.68. The van der Waals surface area contributed by atoms with Gasteiger partial charge in [0.2, 0.25) is 0 Å². The summed E-state index contributed by atoms with van der Waals surface area (Å²) >= 11 is 1.21. The molecule has 0 unspecified atom stereocenters. The molecule has 110 valence electrons. The van der Waals surface area contributed by atoms with Crippen LogP contribution in [0, 0.1) is 0 Å². The average Bonchev–Trinajstić information content (AvgIpc) is 2.67. The van der Waals surface area contributed by atoms with E-state index in [1.165, 1.54) is 11.3 Å². The second kappa shape index (κ2) is 6.33. The highest BCUT2D eigenvalue weighted by Crippen LogP contribution is 2.12. The molecule has 0 saturated carbocycles. The van der Waals surface area contributed by atoms with E-state index < -0.39 is 23.3 Å². The molecule has 0 amide bonds. The van der Waals surface area contributed by atoms with E-state index in [0.29, 0.717) is 10.8 Å². The fourth-order valence-electron chi connectivity index (χ4n) is 1.04. The van der Waals surface area contributed by atoms with Crippen LogP contribution in [-0.4, -0.2) is 33.3 Å². The molecule has 20 heavy (non-hydrogen) atoms. The molecule has 0 aliphatic rings. The summed E-state index contributed by atoms with van der Waals surface area (Å²) in [6.45, 7) is 4.75. The number of ether oxygens (including phenoxy) is 1. The van der Waals surface area contributed by atoms with Crippen molar-refractivity contribution in [1.29, 1.82) is 0 Å². The number of oxime groups is 1. The maximum Gasteiger partial charge on any atom is 0.368 e. The minimum Gasteiger partial charge on any atom is -0.476 e. The van der Waals surface area contributed by atoms with Gasteiger partial charge in [-0.1, -0.05) is 5.16 Å². The number of carbonyl (C=O) groups excluding carboxylic acids is 1. The smallest absolute Gasteiger partial charge is 0.368 e. The molecule has 0 spiro atoms. The molecule has 3 N–H and O–H groups in total. The Labute approximate surface area is 119 Å². The number of hydrogen-bond donors (Lipinski definition) is 2. The van der Waals surface area contributed by atoms with Crippen LogP contribution >= 0.6 is 11.3 Å². The van der Waals surface area contributed by atoms with Crippen molar-refractivity contribution in [3.8, 4) is 0 Å². The Morgan fingerprint density at radius 1 is 1.50 bits per heavy atom. The van der Waals surface area contributed by atoms with Gasteiger partial charge in [-0.2, -0.15) is 0 Å². The van der Waals surface area contributed by atoms with Crippen molar-refractivity contribution < 1.29 is 24.3 Å². The summed E-state index contributed by atoms with van der Waals surface area (Å²) in [7, 11) is 0. The van der Waals surface area contributed by atoms with E-state index in [0.717, 1.165) is 0 Å². The number of anilines is 1. The van der Waals surface area contributed by atoms with Crippen LogP contribution in [-0.2, 0) is 25.8 Å². The van der Waals surface area contributed by atoms with Gasteiger partial charge in [0.15, 0.2) is 11.7 Å². The highest BCUT2D eigenvalue weighted by atomic mass is 32.1. The van der Waals surface area contributed by atoms with Gasteiger partial charge in [-0.05, 0) is 20.8 Å². The Kier molecular flexibility index (Phi) is 5.03. The van der Waals surface area contributed by atoms with E-state index >= 15 is 0 Å². The Morgan fingerprint density at radius 2 is 2.15 bits per heavy atom. The fraction of sp³-hybridized carbons (Fsp3) is 0.455. The third-order valence-electron chi connectivity index (χ3n) is 1.73. The van der Waals surface area contributed by atoms with Gasteiger partial charge in [-0.15, -0.1) is 11.3 Å². The highest BCUT2D eigenvalue weighted by Gasteiger charge is 2.27. The molecule has 0 aliphatic carbocycles. The Bertz CT molecular complexity index is 532. The lowest BCUT2D eigenvalue weighted by Gasteiger charge is -2.18. The second-order valence-corrected chi connectivity index (χ2v) is 5.59. The molecule has 1 aromatic heterocycles. The minimum absolute atomic E-state index is 0.0900. The number of nitrogens with zero attached hydrogens (tertiary/aromatic N) is 2. The number of carboxylic acid groups (broad SMARTS) is 1. The molecular formula is C11H15N3O5S. The first kappa shape index (κ1) is 15.9. The molecule has 0 aliphatic heterocycles. The van der Waals surface area contributed by atoms with Gasteiger partial charge in [-0.25, -0.2) is 14.6 Å². The number of hydrogen-bond acceptors (Lipinski definition) is 8. The van der Waals surface area contributed by atoms with Crippen molar-refractivity contribution >= 4 is 34.1 Å². The molecular weight excluding hydrogens is 286 g/mol. The van der Waals surface area contributed by atoms with Crippen LogP contribution in [0.3, 0.4) is 0 Å². The zero-order valence-electron chi connectivity index (χ0n) is 11.2. The molecule has 0 radical (unpaired) electrons. The van der Waals surface area contributed by atoms with Crippen molar-refractivity contribution in [2.45, 2.75) is 33.0 Å². The molecule has 0 bridgehead atoms. The van der Waals surface area contributed by atoms with Gasteiger partial charge < -0.3 is 20.4 Å². The largest absolute Gasteiger partial charge is 0.476 e. The maximum absolute atomic E-state index is 11.6. The molecule has 8 nitrogen and oxygen atoms in total. The van der Waals surface area contributed by atoms with Crippen molar-refractivity contribution in [3.05, 3.63) is 11.1 Å². The van der Waals surface area contributed by atoms with Gasteiger partial charge in [0.25, 0.3) is 5.71 Å². The van der Waals surface area contributed by atoms with Gasteiger partial charge in [0, 0.05) is 5.38 Å². The molecule has 0 fully saturated rings. The minimum atomic E-state index is -1.53. The number of nitrogens with two attached hydrogens (primary N) is 1. The Morgan fingerprint density at radius 3 is 2.60 bits per heavy atom. The maximum atomic E-state index is 11.6. The van der Waals surface area contributed by atoms with Crippen LogP contribution in [0.25, 0.3) is 0 Å². The lowest BCUT2D eigenvalue weighted by atomic mass is 10.2. The first-order valence-electron chi connectivity index (χ1n) is 5.55. The lowest BCUT2D eigenvalue weighted by molar-refractivity contribution is -0.147. The zero-order valence-corrected chi connectivity index (χ0v) is 12.1. The number of aliphatic carboxylic acids is 1. The summed E-state index contributed by atoms with van der Waals surface area (Å²) < 4.78 is 4.90. The monoisotopic (exact) mass is 301 g/mol. The molecule has 1 heterocycles. The van der Waals surface area contributed by atoms with Crippen molar-refractivity contribution in [1.82, 2.24) is 4.98 Å². The van der Waals surface area contributed by atoms with Crippen LogP contribution in [0.5, 0.6) is 0 Å². The van der Waals surface area contributed by atoms with Crippen molar-refractivity contribution in [2.24, 2.45) is 5.16 Å². The highest BCUT2D eigenvalue weighted by molar-refractivity contribution is 7.13. The molecule has 9 heteroatoms. The van der Waals surface area contributed by atoms with E-state index in [4.69, 9.17) is 20.4 Å². The van der Waals surface area contributed by atoms with Crippen LogP contribution in [0.1, 0.15) is 26.5 Å². The standard InChI is InChI=1S/C11H15N3O5S/c1-11(2,3)19-9(17)7(8(15)16)14-18-4-6-5-20-10(12)13-6/h5H,4H2,1-3H3,(H2,12,13)(H,15,16)/b14-7-. The van der Waals surface area contributed by atoms with Gasteiger partial charge in [0.05, 0.1) is 5.69 Å². The van der Waals surface area contributed by atoms with E-state index in [1.807, 2.05) is 0 Å². The van der Waals surface area contributed by atoms with E-state index in [-0.39, 0.29) is 6.61 Å². The van der Waals surface area contributed by atoms with Crippen molar-refractivity contribution in [3.63, 3.8) is 0 Å². The third-order valence-corrected chi connectivity index (χ3v) is 2.46. The molecule has 0 atom stereocenters. The normalized spacial score (nSPS) is 12.1. The molecule has 0 saturated heterocycles. The quantitative estimate of drug-likeness (QED) is 0.360. The zero-order chi connectivity index (χ0) is 15.3. The van der Waals surface area contributed by atoms with Gasteiger partial charge >= 0.3 is 11.9 Å². The predicted molar refractivity (Wildman–Crippen MR) is 72.2 cm³/mol. The molecule has 1 rings (SSSR count). The number of rotatable bonds is 5. The number of esters is 1. The topological polar surface area (TPSA) is 124 Å². The first-order chi connectivity index (χ1) is 9.19. The Hall–Kier alpha value is -2.16. The number of carboxylic acids is 1. The van der Waals surface area contributed by atoms with Crippen LogP contribution in [0.2, 0.25) is 0 Å². The number of carbonyl (C=O) groups is 2. The fourth-order valence-corrected chi connectivity index (χ4v) is 1.59. The SMILES string of the molecule is CC(C)(C)OC(=O)/C(=N\OCc1csc(N)n1)C(=O)O. The lowest BCUT2D eigenvalue weighted by Crippen LogP contribution is -2.33. The average molecular weight is 301 g/mol. The van der Waals surface area contributed by atoms with Gasteiger partial charge in [-0.3, -0.25) is 0 Å². The van der Waals surface area contributed by atoms with Gasteiger partial charge in [0.1, 0.15) is 5.60 Å². The summed E-state index contributed by atoms with van der Waals surface area (Å²) in [5, 5.41) is 14.2. The van der Waals surface area contributed by atoms with Crippen LogP contribution in [0.4, 0.5) is 5.13 Å². The summed E-state index contributed by atoms with van der Waals surface area (Å²) in [6.07, 6.45) is 0. The molecule has 0 aromatic carbocycles. The van der Waals surface area contributed by atoms with E-state index in [2.05, 4.69) is 10.1 Å². The van der Waals surface area contributed by atoms with Crippen molar-refractivity contribution in [2.75, 3.05) is 5.73 Å².